The summed E-state index contributed by atoms with van der Waals surface area (Å²) in [6.07, 6.45) is 1.97. The molecule has 1 unspecified atom stereocenters. The van der Waals surface area contributed by atoms with Crippen LogP contribution < -0.4 is 10.9 Å². The second-order valence-electron chi connectivity index (χ2n) is 5.47. The summed E-state index contributed by atoms with van der Waals surface area (Å²) in [5, 5.41) is 7.10. The van der Waals surface area contributed by atoms with Gasteiger partial charge in [-0.15, -0.1) is 0 Å². The summed E-state index contributed by atoms with van der Waals surface area (Å²) in [6.45, 7) is 1.64. The molecule has 1 N–H and O–H groups in total. The van der Waals surface area contributed by atoms with Gasteiger partial charge < -0.3 is 5.32 Å². The first-order valence-electron chi connectivity index (χ1n) is 7.21. The van der Waals surface area contributed by atoms with E-state index in [9.17, 15) is 14.0 Å². The average Bonchev–Trinajstić information content (AvgIpc) is 3.32. The van der Waals surface area contributed by atoms with Crippen LogP contribution in [0.1, 0.15) is 25.8 Å². The lowest BCUT2D eigenvalue weighted by molar-refractivity contribution is -0.124. The predicted octanol–water partition coefficient (Wildman–Crippen LogP) is 1.89. The standard InChI is InChI=1S/C16H16FN3O2/c1-10(16(22)18-13-6-7-13)20-15(21)9-8-14(19-20)11-2-4-12(17)5-3-11/h2-5,8-10,13H,6-7H2,1H3,(H,18,22). The lowest BCUT2D eigenvalue weighted by atomic mass is 10.1. The fourth-order valence-corrected chi connectivity index (χ4v) is 2.14. The first kappa shape index (κ1) is 14.4. The zero-order chi connectivity index (χ0) is 15.7. The van der Waals surface area contributed by atoms with E-state index < -0.39 is 6.04 Å². The number of aromatic nitrogens is 2. The Morgan fingerprint density at radius 1 is 1.27 bits per heavy atom. The van der Waals surface area contributed by atoms with Crippen molar-refractivity contribution in [3.8, 4) is 11.3 Å². The Morgan fingerprint density at radius 3 is 2.59 bits per heavy atom. The highest BCUT2D eigenvalue weighted by molar-refractivity contribution is 5.80. The summed E-state index contributed by atoms with van der Waals surface area (Å²) < 4.78 is 14.1. The SMILES string of the molecule is CC(C(=O)NC1CC1)n1nc(-c2ccc(F)cc2)ccc1=O. The highest BCUT2D eigenvalue weighted by Gasteiger charge is 2.27. The van der Waals surface area contributed by atoms with Gasteiger partial charge in [0.2, 0.25) is 5.91 Å². The quantitative estimate of drug-likeness (QED) is 0.938. The van der Waals surface area contributed by atoms with Gasteiger partial charge in [0.25, 0.3) is 5.56 Å². The van der Waals surface area contributed by atoms with Crippen LogP contribution in [0.15, 0.2) is 41.2 Å². The van der Waals surface area contributed by atoms with E-state index in [1.54, 1.807) is 25.1 Å². The number of hydrogen-bond donors (Lipinski definition) is 1. The summed E-state index contributed by atoms with van der Waals surface area (Å²) in [6, 6.07) is 8.30. The van der Waals surface area contributed by atoms with E-state index in [1.165, 1.54) is 18.2 Å². The molecule has 0 bridgehead atoms. The number of carbonyl (C=O) groups excluding carboxylic acids is 1. The number of halogens is 1. The van der Waals surface area contributed by atoms with Crippen LogP contribution in [0.2, 0.25) is 0 Å². The fourth-order valence-electron chi connectivity index (χ4n) is 2.14. The third kappa shape index (κ3) is 3.05. The van der Waals surface area contributed by atoms with Crippen molar-refractivity contribution >= 4 is 5.91 Å². The smallest absolute Gasteiger partial charge is 0.267 e. The van der Waals surface area contributed by atoms with Gasteiger partial charge in [0.1, 0.15) is 11.9 Å². The molecule has 0 spiro atoms. The van der Waals surface area contributed by atoms with Gasteiger partial charge in [0.15, 0.2) is 0 Å². The normalized spacial score (nSPS) is 15.4. The van der Waals surface area contributed by atoms with E-state index in [2.05, 4.69) is 10.4 Å². The highest BCUT2D eigenvalue weighted by Crippen LogP contribution is 2.20. The zero-order valence-electron chi connectivity index (χ0n) is 12.1. The highest BCUT2D eigenvalue weighted by atomic mass is 19.1. The van der Waals surface area contributed by atoms with Crippen LogP contribution in [0.5, 0.6) is 0 Å². The number of carbonyl (C=O) groups is 1. The molecule has 3 rings (SSSR count). The maximum Gasteiger partial charge on any atom is 0.267 e. The number of rotatable bonds is 4. The van der Waals surface area contributed by atoms with Crippen molar-refractivity contribution in [1.29, 1.82) is 0 Å². The van der Waals surface area contributed by atoms with Crippen LogP contribution in [0.25, 0.3) is 11.3 Å². The van der Waals surface area contributed by atoms with Crippen LogP contribution in [-0.4, -0.2) is 21.7 Å². The number of nitrogens with zero attached hydrogens (tertiary/aromatic N) is 2. The predicted molar refractivity (Wildman–Crippen MR) is 79.8 cm³/mol. The first-order chi connectivity index (χ1) is 10.5. The molecule has 1 aromatic heterocycles. The first-order valence-corrected chi connectivity index (χ1v) is 7.21. The minimum Gasteiger partial charge on any atom is -0.352 e. The molecule has 1 aliphatic carbocycles. The van der Waals surface area contributed by atoms with Gasteiger partial charge in [-0.3, -0.25) is 9.59 Å². The van der Waals surface area contributed by atoms with Crippen LogP contribution in [0.3, 0.4) is 0 Å². The van der Waals surface area contributed by atoms with Crippen molar-refractivity contribution in [3.63, 3.8) is 0 Å². The van der Waals surface area contributed by atoms with Gasteiger partial charge in [0, 0.05) is 17.7 Å². The number of nitrogens with one attached hydrogen (secondary N) is 1. The molecule has 1 fully saturated rings. The Kier molecular flexibility index (Phi) is 3.75. The third-order valence-electron chi connectivity index (χ3n) is 3.64. The monoisotopic (exact) mass is 301 g/mol. The van der Waals surface area contributed by atoms with Crippen molar-refractivity contribution in [1.82, 2.24) is 15.1 Å². The molecular weight excluding hydrogens is 285 g/mol. The molecule has 1 amide bonds. The Balaban J connectivity index is 1.90. The van der Waals surface area contributed by atoms with Crippen molar-refractivity contribution in [2.75, 3.05) is 0 Å². The van der Waals surface area contributed by atoms with Gasteiger partial charge in [-0.2, -0.15) is 5.10 Å². The molecule has 2 aromatic rings. The summed E-state index contributed by atoms with van der Waals surface area (Å²) in [5.74, 6) is -0.553. The molecule has 0 saturated heterocycles. The number of hydrogen-bond acceptors (Lipinski definition) is 3. The Morgan fingerprint density at radius 2 is 1.95 bits per heavy atom. The molecule has 6 heteroatoms. The lowest BCUT2D eigenvalue weighted by Gasteiger charge is -2.14. The van der Waals surface area contributed by atoms with Crippen LogP contribution in [0, 0.1) is 5.82 Å². The van der Waals surface area contributed by atoms with Gasteiger partial charge >= 0.3 is 0 Å². The summed E-state index contributed by atoms with van der Waals surface area (Å²) in [7, 11) is 0. The molecule has 1 aliphatic rings. The number of amides is 1. The van der Waals surface area contributed by atoms with Crippen LogP contribution in [-0.2, 0) is 4.79 Å². The zero-order valence-corrected chi connectivity index (χ0v) is 12.1. The lowest BCUT2D eigenvalue weighted by Crippen LogP contribution is -2.37. The van der Waals surface area contributed by atoms with Crippen molar-refractivity contribution in [2.45, 2.75) is 31.8 Å². The minimum atomic E-state index is -0.687. The molecule has 114 valence electrons. The maximum atomic E-state index is 13.0. The largest absolute Gasteiger partial charge is 0.352 e. The molecule has 1 aromatic carbocycles. The maximum absolute atomic E-state index is 13.0. The summed E-state index contributed by atoms with van der Waals surface area (Å²) in [5.41, 5.74) is 0.861. The second-order valence-corrected chi connectivity index (χ2v) is 5.47. The third-order valence-corrected chi connectivity index (χ3v) is 3.64. The van der Waals surface area contributed by atoms with E-state index >= 15 is 0 Å². The molecule has 1 heterocycles. The van der Waals surface area contributed by atoms with Crippen molar-refractivity contribution in [3.05, 3.63) is 52.6 Å². The van der Waals surface area contributed by atoms with Crippen molar-refractivity contribution < 1.29 is 9.18 Å². The van der Waals surface area contributed by atoms with E-state index in [1.807, 2.05) is 0 Å². The Bertz CT molecular complexity index is 751. The minimum absolute atomic E-state index is 0.214. The van der Waals surface area contributed by atoms with E-state index in [0.29, 0.717) is 11.3 Å². The molecule has 22 heavy (non-hydrogen) atoms. The van der Waals surface area contributed by atoms with E-state index in [0.717, 1.165) is 17.5 Å². The van der Waals surface area contributed by atoms with E-state index in [4.69, 9.17) is 0 Å². The van der Waals surface area contributed by atoms with Crippen LogP contribution >= 0.6 is 0 Å². The Hall–Kier alpha value is -2.50. The second kappa shape index (κ2) is 5.71. The summed E-state index contributed by atoms with van der Waals surface area (Å²) in [4.78, 5) is 24.0. The van der Waals surface area contributed by atoms with Gasteiger partial charge in [0.05, 0.1) is 5.69 Å². The topological polar surface area (TPSA) is 64.0 Å². The van der Waals surface area contributed by atoms with Gasteiger partial charge in [-0.05, 0) is 50.1 Å². The van der Waals surface area contributed by atoms with Gasteiger partial charge in [-0.1, -0.05) is 0 Å². The average molecular weight is 301 g/mol. The molecule has 0 aliphatic heterocycles. The summed E-state index contributed by atoms with van der Waals surface area (Å²) >= 11 is 0. The molecular formula is C16H16FN3O2. The number of benzene rings is 1. The van der Waals surface area contributed by atoms with Crippen LogP contribution in [0.4, 0.5) is 4.39 Å². The molecule has 5 nitrogen and oxygen atoms in total. The molecule has 1 saturated carbocycles. The molecule has 0 radical (unpaired) electrons. The Labute approximate surface area is 126 Å². The fraction of sp³-hybridized carbons (Fsp3) is 0.312. The van der Waals surface area contributed by atoms with Crippen molar-refractivity contribution in [2.24, 2.45) is 0 Å². The van der Waals surface area contributed by atoms with Gasteiger partial charge in [-0.25, -0.2) is 9.07 Å². The molecule has 1 atom stereocenters. The van der Waals surface area contributed by atoms with E-state index in [-0.39, 0.29) is 23.3 Å².